The van der Waals surface area contributed by atoms with Gasteiger partial charge in [0.15, 0.2) is 0 Å². The van der Waals surface area contributed by atoms with Crippen molar-refractivity contribution in [1.82, 2.24) is 0 Å². The largest absolute Gasteiger partial charge is 0.310 e. The monoisotopic (exact) mass is 672 g/mol. The van der Waals surface area contributed by atoms with Crippen molar-refractivity contribution in [3.63, 3.8) is 0 Å². The molecule has 0 spiro atoms. The summed E-state index contributed by atoms with van der Waals surface area (Å²) in [6, 6.07) is 60.8. The molecule has 0 N–H and O–H groups in total. The van der Waals surface area contributed by atoms with Gasteiger partial charge in [-0.25, -0.2) is 0 Å². The molecule has 0 heterocycles. The van der Waals surface area contributed by atoms with E-state index in [1.54, 1.807) is 0 Å². The Labute approximate surface area is 309 Å². The highest BCUT2D eigenvalue weighted by molar-refractivity contribution is 5.84. The van der Waals surface area contributed by atoms with Gasteiger partial charge in [-0.1, -0.05) is 145 Å². The molecule has 7 rings (SSSR count). The molecule has 0 saturated heterocycles. The van der Waals surface area contributed by atoms with Crippen molar-refractivity contribution in [2.24, 2.45) is 0 Å². The summed E-state index contributed by atoms with van der Waals surface area (Å²) in [5.74, 6) is 0. The topological polar surface area (TPSA) is 6.48 Å². The lowest BCUT2D eigenvalue weighted by Crippen LogP contribution is -2.13. The van der Waals surface area contributed by atoms with Gasteiger partial charge in [-0.2, -0.15) is 0 Å². The Morgan fingerprint density at radius 3 is 0.904 bits per heavy atom. The zero-order chi connectivity index (χ0) is 35.9. The van der Waals surface area contributed by atoms with Crippen LogP contribution in [0.4, 0.5) is 34.1 Å². The third-order valence-corrected chi connectivity index (χ3v) is 9.39. The maximum absolute atomic E-state index is 2.36. The van der Waals surface area contributed by atoms with E-state index in [1.165, 1.54) is 33.4 Å². The van der Waals surface area contributed by atoms with E-state index in [0.29, 0.717) is 0 Å². The van der Waals surface area contributed by atoms with Crippen molar-refractivity contribution in [1.29, 1.82) is 0 Å². The first-order valence-corrected chi connectivity index (χ1v) is 17.9. The number of nitrogens with zero attached hydrogens (tertiary/aromatic N) is 2. The molecule has 0 atom stereocenters. The Balaban J connectivity index is 1.24. The third-order valence-electron chi connectivity index (χ3n) is 9.39. The van der Waals surface area contributed by atoms with E-state index < -0.39 is 0 Å². The fourth-order valence-corrected chi connectivity index (χ4v) is 6.70. The summed E-state index contributed by atoms with van der Waals surface area (Å²) in [6.45, 7) is 8.69. The quantitative estimate of drug-likeness (QED) is 0.133. The number of anilines is 6. The van der Waals surface area contributed by atoms with Crippen molar-refractivity contribution in [3.05, 3.63) is 214 Å². The van der Waals surface area contributed by atoms with E-state index in [9.17, 15) is 0 Å². The fraction of sp³-hybridized carbons (Fsp3) is 0.0800. The minimum atomic E-state index is 1.10. The first-order valence-electron chi connectivity index (χ1n) is 17.9. The zero-order valence-corrected chi connectivity index (χ0v) is 30.4. The number of rotatable bonds is 10. The normalized spacial score (nSPS) is 11.3. The SMILES string of the molecule is Cc1ccc(N(c2ccc(C=Cc3ccccc3)cc2)c2ccc(N(c3ccc(C=Cc4ccccc4)cc3)c3ccc(C)cc3C)cc2)c(C)c1. The first-order chi connectivity index (χ1) is 25.4. The van der Waals surface area contributed by atoms with Crippen LogP contribution in [0, 0.1) is 27.7 Å². The molecule has 52 heavy (non-hydrogen) atoms. The van der Waals surface area contributed by atoms with Crippen LogP contribution in [-0.2, 0) is 0 Å². The Bertz CT molecular complexity index is 2130. The van der Waals surface area contributed by atoms with Crippen LogP contribution >= 0.6 is 0 Å². The van der Waals surface area contributed by atoms with Gasteiger partial charge in [-0.15, -0.1) is 0 Å². The maximum Gasteiger partial charge on any atom is 0.0490 e. The van der Waals surface area contributed by atoms with E-state index in [0.717, 1.165) is 45.3 Å². The highest BCUT2D eigenvalue weighted by Gasteiger charge is 2.18. The minimum absolute atomic E-state index is 1.10. The molecular formula is C50H44N2. The second kappa shape index (κ2) is 15.7. The van der Waals surface area contributed by atoms with Crippen molar-refractivity contribution in [2.45, 2.75) is 27.7 Å². The predicted molar refractivity (Wildman–Crippen MR) is 225 cm³/mol. The van der Waals surface area contributed by atoms with Gasteiger partial charge in [0.1, 0.15) is 0 Å². The molecule has 7 aromatic rings. The summed E-state index contributed by atoms with van der Waals surface area (Å²) in [6.07, 6.45) is 8.66. The van der Waals surface area contributed by atoms with E-state index in [-0.39, 0.29) is 0 Å². The van der Waals surface area contributed by atoms with E-state index >= 15 is 0 Å². The molecule has 0 aliphatic heterocycles. The average molecular weight is 673 g/mol. The Morgan fingerprint density at radius 2 is 0.596 bits per heavy atom. The molecule has 0 bridgehead atoms. The lowest BCUT2D eigenvalue weighted by Gasteiger charge is -2.30. The van der Waals surface area contributed by atoms with Crippen molar-refractivity contribution in [2.75, 3.05) is 9.80 Å². The number of hydrogen-bond donors (Lipinski definition) is 0. The van der Waals surface area contributed by atoms with Gasteiger partial charge in [0.25, 0.3) is 0 Å². The van der Waals surface area contributed by atoms with Gasteiger partial charge < -0.3 is 9.80 Å². The summed E-state index contributed by atoms with van der Waals surface area (Å²) in [7, 11) is 0. The Kier molecular flexibility index (Phi) is 10.3. The van der Waals surface area contributed by atoms with Gasteiger partial charge in [-0.05, 0) is 122 Å². The smallest absolute Gasteiger partial charge is 0.0490 e. The summed E-state index contributed by atoms with van der Waals surface area (Å²) < 4.78 is 0. The van der Waals surface area contributed by atoms with Crippen LogP contribution in [0.2, 0.25) is 0 Å². The van der Waals surface area contributed by atoms with E-state index in [2.05, 4.69) is 220 Å². The second-order valence-electron chi connectivity index (χ2n) is 13.4. The molecule has 0 radical (unpaired) electrons. The molecule has 0 saturated carbocycles. The highest BCUT2D eigenvalue weighted by Crippen LogP contribution is 2.41. The molecular weight excluding hydrogens is 629 g/mol. The predicted octanol–water partition coefficient (Wildman–Crippen LogP) is 14.2. The summed E-state index contributed by atoms with van der Waals surface area (Å²) >= 11 is 0. The molecule has 2 heteroatoms. The van der Waals surface area contributed by atoms with Gasteiger partial charge in [0, 0.05) is 34.1 Å². The van der Waals surface area contributed by atoms with Crippen LogP contribution in [0.5, 0.6) is 0 Å². The first kappa shape index (κ1) is 34.1. The Morgan fingerprint density at radius 1 is 0.308 bits per heavy atom. The van der Waals surface area contributed by atoms with Crippen LogP contribution in [0.1, 0.15) is 44.5 Å². The lowest BCUT2D eigenvalue weighted by molar-refractivity contribution is 1.22. The van der Waals surface area contributed by atoms with Crippen LogP contribution in [-0.4, -0.2) is 0 Å². The highest BCUT2D eigenvalue weighted by atomic mass is 15.2. The maximum atomic E-state index is 2.36. The zero-order valence-electron chi connectivity index (χ0n) is 30.4. The van der Waals surface area contributed by atoms with E-state index in [1.807, 2.05) is 12.1 Å². The summed E-state index contributed by atoms with van der Waals surface area (Å²) in [4.78, 5) is 4.72. The molecule has 0 unspecified atom stereocenters. The molecule has 0 fully saturated rings. The average Bonchev–Trinajstić information content (AvgIpc) is 3.17. The molecule has 2 nitrogen and oxygen atoms in total. The molecule has 0 aliphatic carbocycles. The number of benzene rings is 7. The summed E-state index contributed by atoms with van der Waals surface area (Å²) in [5.41, 5.74) is 16.4. The standard InChI is InChI=1S/C50H44N2/c1-37-15-33-49(39(3)35-37)51(45-25-21-43(22-26-45)19-17-41-11-7-5-8-12-41)47-29-31-48(32-30-47)52(50-34-16-38(2)36-40(50)4)46-27-23-44(24-28-46)20-18-42-13-9-6-10-14-42/h5-36H,1-4H3. The van der Waals surface area contributed by atoms with Crippen molar-refractivity contribution >= 4 is 58.4 Å². The number of aryl methyl sites for hydroxylation is 4. The van der Waals surface area contributed by atoms with Crippen LogP contribution in [0.3, 0.4) is 0 Å². The van der Waals surface area contributed by atoms with Crippen molar-refractivity contribution in [3.8, 4) is 0 Å². The van der Waals surface area contributed by atoms with Gasteiger partial charge in [0.05, 0.1) is 0 Å². The second-order valence-corrected chi connectivity index (χ2v) is 13.4. The minimum Gasteiger partial charge on any atom is -0.310 e. The molecule has 0 amide bonds. The molecule has 254 valence electrons. The Hall–Kier alpha value is -6.38. The number of hydrogen-bond acceptors (Lipinski definition) is 2. The van der Waals surface area contributed by atoms with Crippen LogP contribution in [0.15, 0.2) is 170 Å². The molecule has 0 aromatic heterocycles. The lowest BCUT2D eigenvalue weighted by atomic mass is 10.1. The van der Waals surface area contributed by atoms with Crippen molar-refractivity contribution < 1.29 is 0 Å². The van der Waals surface area contributed by atoms with Gasteiger partial charge in [0.2, 0.25) is 0 Å². The fourth-order valence-electron chi connectivity index (χ4n) is 6.70. The third kappa shape index (κ3) is 7.98. The molecule has 7 aromatic carbocycles. The van der Waals surface area contributed by atoms with Crippen LogP contribution < -0.4 is 9.80 Å². The van der Waals surface area contributed by atoms with E-state index in [4.69, 9.17) is 0 Å². The summed E-state index contributed by atoms with van der Waals surface area (Å²) in [5, 5.41) is 0. The van der Waals surface area contributed by atoms with Gasteiger partial charge in [-0.3, -0.25) is 0 Å². The van der Waals surface area contributed by atoms with Crippen LogP contribution in [0.25, 0.3) is 24.3 Å². The van der Waals surface area contributed by atoms with Gasteiger partial charge >= 0.3 is 0 Å². The molecule has 0 aliphatic rings.